The van der Waals surface area contributed by atoms with Gasteiger partial charge in [-0.25, -0.2) is 4.98 Å². The van der Waals surface area contributed by atoms with Crippen molar-refractivity contribution in [2.45, 2.75) is 32.9 Å². The van der Waals surface area contributed by atoms with E-state index in [0.29, 0.717) is 12.0 Å². The topological polar surface area (TPSA) is 45.5 Å². The van der Waals surface area contributed by atoms with Crippen molar-refractivity contribution in [3.8, 4) is 0 Å². The lowest BCUT2D eigenvalue weighted by Gasteiger charge is -2.39. The van der Waals surface area contributed by atoms with Gasteiger partial charge in [0, 0.05) is 39.1 Å². The van der Waals surface area contributed by atoms with E-state index in [4.69, 9.17) is 0 Å². The highest BCUT2D eigenvalue weighted by Gasteiger charge is 2.28. The largest absolute Gasteiger partial charge is 0.352 e. The van der Waals surface area contributed by atoms with E-state index in [1.165, 1.54) is 11.1 Å². The first kappa shape index (κ1) is 19.8. The molecule has 2 heterocycles. The minimum atomic E-state index is 0. The summed E-state index contributed by atoms with van der Waals surface area (Å²) in [7, 11) is 1.86. The number of rotatable bonds is 3. The number of hydrogen-bond donors (Lipinski definition) is 1. The average Bonchev–Trinajstić information content (AvgIpc) is 3.12. The molecule has 2 aromatic rings. The quantitative estimate of drug-likeness (QED) is 0.440. The van der Waals surface area contributed by atoms with Crippen LogP contribution in [0.5, 0.6) is 0 Å². The fourth-order valence-electron chi connectivity index (χ4n) is 3.31. The molecule has 0 spiro atoms. The molecule has 0 radical (unpaired) electrons. The van der Waals surface area contributed by atoms with E-state index < -0.39 is 0 Å². The van der Waals surface area contributed by atoms with Gasteiger partial charge in [0.2, 0.25) is 0 Å². The maximum absolute atomic E-state index is 4.49. The molecule has 0 aliphatic carbocycles. The summed E-state index contributed by atoms with van der Waals surface area (Å²) in [5.41, 5.74) is 2.56. The highest BCUT2D eigenvalue weighted by molar-refractivity contribution is 14.0. The van der Waals surface area contributed by atoms with E-state index in [9.17, 15) is 0 Å². The highest BCUT2D eigenvalue weighted by Crippen LogP contribution is 2.27. The minimum Gasteiger partial charge on any atom is -0.352 e. The number of nitrogens with one attached hydrogen (secondary N) is 1. The Balaban J connectivity index is 0.00000225. The lowest BCUT2D eigenvalue weighted by Crippen LogP contribution is -2.48. The minimum absolute atomic E-state index is 0. The first-order chi connectivity index (χ1) is 11.7. The molecule has 1 saturated heterocycles. The maximum atomic E-state index is 4.49. The number of halogens is 1. The zero-order valence-electron chi connectivity index (χ0n) is 15.2. The standard InChI is InChI=1S/C19H27N5.HI/c1-15-4-6-17(7-5-15)12-22-19(20-3)23-10-8-16(2)18(13-23)24-11-9-21-14-24;/h4-7,9,11,14,16,18H,8,10,12-13H2,1-3H3,(H,20,22);1H. The summed E-state index contributed by atoms with van der Waals surface area (Å²) in [6, 6.07) is 9.08. The van der Waals surface area contributed by atoms with E-state index in [0.717, 1.165) is 32.0 Å². The first-order valence-corrected chi connectivity index (χ1v) is 8.66. The van der Waals surface area contributed by atoms with Crippen molar-refractivity contribution in [2.24, 2.45) is 10.9 Å². The van der Waals surface area contributed by atoms with Gasteiger partial charge in [0.15, 0.2) is 5.96 Å². The van der Waals surface area contributed by atoms with Gasteiger partial charge >= 0.3 is 0 Å². The van der Waals surface area contributed by atoms with Crippen molar-refractivity contribution in [3.63, 3.8) is 0 Å². The Morgan fingerprint density at radius 3 is 2.72 bits per heavy atom. The third-order valence-corrected chi connectivity index (χ3v) is 4.91. The van der Waals surface area contributed by atoms with Crippen LogP contribution in [0.1, 0.15) is 30.5 Å². The molecule has 3 rings (SSSR count). The Kier molecular flexibility index (Phi) is 7.28. The highest BCUT2D eigenvalue weighted by atomic mass is 127. The van der Waals surface area contributed by atoms with E-state index in [1.54, 1.807) is 0 Å². The number of hydrogen-bond acceptors (Lipinski definition) is 2. The van der Waals surface area contributed by atoms with Crippen LogP contribution in [0.2, 0.25) is 0 Å². The number of aryl methyl sites for hydroxylation is 1. The van der Waals surface area contributed by atoms with Crippen molar-refractivity contribution in [1.29, 1.82) is 0 Å². The van der Waals surface area contributed by atoms with Crippen molar-refractivity contribution in [1.82, 2.24) is 19.8 Å². The Morgan fingerprint density at radius 2 is 2.08 bits per heavy atom. The van der Waals surface area contributed by atoms with Crippen LogP contribution in [0.4, 0.5) is 0 Å². The lowest BCUT2D eigenvalue weighted by atomic mass is 9.93. The van der Waals surface area contributed by atoms with Gasteiger partial charge in [-0.2, -0.15) is 0 Å². The van der Waals surface area contributed by atoms with Crippen LogP contribution < -0.4 is 5.32 Å². The van der Waals surface area contributed by atoms with E-state index in [1.807, 2.05) is 19.6 Å². The van der Waals surface area contributed by atoms with Crippen LogP contribution in [-0.4, -0.2) is 40.5 Å². The molecule has 25 heavy (non-hydrogen) atoms. The van der Waals surface area contributed by atoms with Gasteiger partial charge in [0.1, 0.15) is 0 Å². The Morgan fingerprint density at radius 1 is 1.32 bits per heavy atom. The summed E-state index contributed by atoms with van der Waals surface area (Å²) < 4.78 is 2.23. The first-order valence-electron chi connectivity index (χ1n) is 8.66. The summed E-state index contributed by atoms with van der Waals surface area (Å²) in [5.74, 6) is 1.62. The number of guanidine groups is 1. The molecule has 1 N–H and O–H groups in total. The van der Waals surface area contributed by atoms with Gasteiger partial charge in [0.05, 0.1) is 12.4 Å². The van der Waals surface area contributed by atoms with Crippen LogP contribution in [-0.2, 0) is 6.54 Å². The monoisotopic (exact) mass is 453 g/mol. The van der Waals surface area contributed by atoms with Crippen molar-refractivity contribution in [3.05, 3.63) is 54.1 Å². The SMILES string of the molecule is CN=C(NCc1ccc(C)cc1)N1CCC(C)C(n2ccnc2)C1.I. The molecule has 6 heteroatoms. The Labute approximate surface area is 167 Å². The summed E-state index contributed by atoms with van der Waals surface area (Å²) in [6.07, 6.45) is 7.00. The van der Waals surface area contributed by atoms with Crippen molar-refractivity contribution >= 4 is 29.9 Å². The normalized spacial score (nSPS) is 20.9. The third-order valence-electron chi connectivity index (χ3n) is 4.91. The number of piperidine rings is 1. The smallest absolute Gasteiger partial charge is 0.193 e. The molecule has 136 valence electrons. The average molecular weight is 453 g/mol. The molecule has 1 aromatic heterocycles. The molecule has 2 unspecified atom stereocenters. The summed E-state index contributed by atoms with van der Waals surface area (Å²) in [6.45, 7) is 7.24. The van der Waals surface area contributed by atoms with Crippen LogP contribution in [0.3, 0.4) is 0 Å². The Bertz CT molecular complexity index is 666. The van der Waals surface area contributed by atoms with E-state index >= 15 is 0 Å². The lowest BCUT2D eigenvalue weighted by molar-refractivity contribution is 0.189. The number of aromatic nitrogens is 2. The molecular formula is C19H28IN5. The number of likely N-dealkylation sites (tertiary alicyclic amines) is 1. The van der Waals surface area contributed by atoms with Crippen LogP contribution in [0.15, 0.2) is 48.0 Å². The van der Waals surface area contributed by atoms with Gasteiger partial charge in [-0.05, 0) is 24.8 Å². The second kappa shape index (κ2) is 9.22. The summed E-state index contributed by atoms with van der Waals surface area (Å²) in [4.78, 5) is 11.1. The molecule has 1 aliphatic rings. The summed E-state index contributed by atoms with van der Waals surface area (Å²) >= 11 is 0. The second-order valence-corrected chi connectivity index (χ2v) is 6.68. The molecule has 5 nitrogen and oxygen atoms in total. The van der Waals surface area contributed by atoms with Crippen LogP contribution in [0.25, 0.3) is 0 Å². The predicted octanol–water partition coefficient (Wildman–Crippen LogP) is 3.47. The molecular weight excluding hydrogens is 425 g/mol. The van der Waals surface area contributed by atoms with Crippen LogP contribution in [0, 0.1) is 12.8 Å². The van der Waals surface area contributed by atoms with E-state index in [-0.39, 0.29) is 24.0 Å². The fourth-order valence-corrected chi connectivity index (χ4v) is 3.31. The van der Waals surface area contributed by atoms with Gasteiger partial charge in [-0.1, -0.05) is 36.8 Å². The van der Waals surface area contributed by atoms with Crippen molar-refractivity contribution in [2.75, 3.05) is 20.1 Å². The van der Waals surface area contributed by atoms with Crippen molar-refractivity contribution < 1.29 is 0 Å². The zero-order valence-corrected chi connectivity index (χ0v) is 17.6. The molecule has 1 aromatic carbocycles. The van der Waals surface area contributed by atoms with Gasteiger partial charge < -0.3 is 14.8 Å². The second-order valence-electron chi connectivity index (χ2n) is 6.68. The fraction of sp³-hybridized carbons (Fsp3) is 0.474. The molecule has 2 atom stereocenters. The maximum Gasteiger partial charge on any atom is 0.193 e. The zero-order chi connectivity index (χ0) is 16.9. The number of imidazole rings is 1. The van der Waals surface area contributed by atoms with E-state index in [2.05, 4.69) is 69.1 Å². The molecule has 1 aliphatic heterocycles. The predicted molar refractivity (Wildman–Crippen MR) is 113 cm³/mol. The molecule has 0 saturated carbocycles. The van der Waals surface area contributed by atoms with Gasteiger partial charge in [0.25, 0.3) is 0 Å². The van der Waals surface area contributed by atoms with Gasteiger partial charge in [-0.3, -0.25) is 4.99 Å². The van der Waals surface area contributed by atoms with Crippen LogP contribution >= 0.6 is 24.0 Å². The summed E-state index contributed by atoms with van der Waals surface area (Å²) in [5, 5.41) is 3.51. The van der Waals surface area contributed by atoms with Gasteiger partial charge in [-0.15, -0.1) is 24.0 Å². The molecule has 1 fully saturated rings. The number of nitrogens with zero attached hydrogens (tertiary/aromatic N) is 4. The molecule has 0 amide bonds. The number of aliphatic imine (C=N–C) groups is 1. The Hall–Kier alpha value is -1.57. The number of benzene rings is 1. The third kappa shape index (κ3) is 4.96. The molecule has 0 bridgehead atoms.